The Morgan fingerprint density at radius 2 is 1.89 bits per heavy atom. The molecule has 28 heavy (non-hydrogen) atoms. The van der Waals surface area contributed by atoms with Gasteiger partial charge in [-0.1, -0.05) is 24.3 Å². The Morgan fingerprint density at radius 3 is 2.57 bits per heavy atom. The van der Waals surface area contributed by atoms with Crippen molar-refractivity contribution in [2.24, 2.45) is 0 Å². The number of carbonyl (C=O) groups excluding carboxylic acids is 1. The van der Waals surface area contributed by atoms with Crippen molar-refractivity contribution in [2.45, 2.75) is 6.18 Å². The molecule has 140 valence electrons. The summed E-state index contributed by atoms with van der Waals surface area (Å²) >= 11 is 0. The summed E-state index contributed by atoms with van der Waals surface area (Å²) in [6.45, 7) is 0. The predicted octanol–water partition coefficient (Wildman–Crippen LogP) is 4.44. The maximum Gasteiger partial charge on any atom is 0.416 e. The van der Waals surface area contributed by atoms with E-state index in [-0.39, 0.29) is 11.3 Å². The third-order valence-corrected chi connectivity index (χ3v) is 3.75. The van der Waals surface area contributed by atoms with E-state index < -0.39 is 17.6 Å². The molecule has 0 radical (unpaired) electrons. The highest BCUT2D eigenvalue weighted by Crippen LogP contribution is 2.30. The normalized spacial score (nSPS) is 11.7. The van der Waals surface area contributed by atoms with Gasteiger partial charge < -0.3 is 5.32 Å². The molecule has 0 saturated carbocycles. The summed E-state index contributed by atoms with van der Waals surface area (Å²) in [7, 11) is 0. The number of nitriles is 1. The molecule has 8 heteroatoms. The summed E-state index contributed by atoms with van der Waals surface area (Å²) in [6, 6.07) is 15.2. The molecule has 2 aromatic carbocycles. The molecule has 0 unspecified atom stereocenters. The van der Waals surface area contributed by atoms with Gasteiger partial charge in [-0.15, -0.1) is 0 Å². The Bertz CT molecular complexity index is 1060. The van der Waals surface area contributed by atoms with E-state index >= 15 is 0 Å². The summed E-state index contributed by atoms with van der Waals surface area (Å²) in [6.07, 6.45) is -0.109. The number of nitrogens with zero attached hydrogens (tertiary/aromatic N) is 3. The van der Waals surface area contributed by atoms with Crippen LogP contribution >= 0.6 is 0 Å². The molecule has 0 fully saturated rings. The Balaban J connectivity index is 1.79. The van der Waals surface area contributed by atoms with Gasteiger partial charge in [-0.25, -0.2) is 4.68 Å². The number of anilines is 1. The molecule has 3 rings (SSSR count). The van der Waals surface area contributed by atoms with Crippen LogP contribution in [-0.2, 0) is 11.0 Å². The minimum Gasteiger partial charge on any atom is -0.321 e. The lowest BCUT2D eigenvalue weighted by Gasteiger charge is -2.09. The molecule has 0 spiro atoms. The lowest BCUT2D eigenvalue weighted by atomic mass is 10.1. The molecule has 3 aromatic rings. The maximum absolute atomic E-state index is 12.8. The molecule has 0 aliphatic rings. The molecule has 0 saturated heterocycles. The fraction of sp³-hybridized carbons (Fsp3) is 0.0500. The highest BCUT2D eigenvalue weighted by molar-refractivity contribution is 6.09. The summed E-state index contributed by atoms with van der Waals surface area (Å²) in [5, 5.41) is 15.7. The van der Waals surface area contributed by atoms with Crippen LogP contribution in [0.5, 0.6) is 0 Å². The van der Waals surface area contributed by atoms with Gasteiger partial charge in [0.25, 0.3) is 5.91 Å². The number of aromatic nitrogens is 2. The van der Waals surface area contributed by atoms with Crippen molar-refractivity contribution in [3.05, 3.63) is 83.7 Å². The van der Waals surface area contributed by atoms with Crippen LogP contribution in [0.2, 0.25) is 0 Å². The summed E-state index contributed by atoms with van der Waals surface area (Å²) in [4.78, 5) is 12.3. The van der Waals surface area contributed by atoms with Crippen LogP contribution in [0.15, 0.2) is 72.6 Å². The van der Waals surface area contributed by atoms with E-state index in [1.165, 1.54) is 24.4 Å². The van der Waals surface area contributed by atoms with Crippen LogP contribution in [0.4, 0.5) is 18.9 Å². The monoisotopic (exact) mass is 382 g/mol. The fourth-order valence-corrected chi connectivity index (χ4v) is 2.42. The van der Waals surface area contributed by atoms with E-state index in [4.69, 9.17) is 0 Å². The molecule has 1 amide bonds. The van der Waals surface area contributed by atoms with Gasteiger partial charge in [0.05, 0.1) is 17.4 Å². The largest absolute Gasteiger partial charge is 0.416 e. The van der Waals surface area contributed by atoms with Gasteiger partial charge >= 0.3 is 6.18 Å². The van der Waals surface area contributed by atoms with Crippen LogP contribution in [0.1, 0.15) is 11.1 Å². The minimum absolute atomic E-state index is 0.0547. The van der Waals surface area contributed by atoms with Gasteiger partial charge in [-0.2, -0.15) is 23.5 Å². The molecular formula is C20H13F3N4O. The Kier molecular flexibility index (Phi) is 5.27. The molecule has 1 heterocycles. The second-order valence-electron chi connectivity index (χ2n) is 5.76. The van der Waals surface area contributed by atoms with E-state index in [9.17, 15) is 23.2 Å². The van der Waals surface area contributed by atoms with E-state index in [1.54, 1.807) is 16.9 Å². The van der Waals surface area contributed by atoms with Gasteiger partial charge in [0.1, 0.15) is 11.6 Å². The summed E-state index contributed by atoms with van der Waals surface area (Å²) in [5.74, 6) is -0.811. The number of halogens is 3. The van der Waals surface area contributed by atoms with Gasteiger partial charge in [-0.3, -0.25) is 4.79 Å². The molecule has 0 aliphatic heterocycles. The van der Waals surface area contributed by atoms with Gasteiger partial charge in [-0.05, 0) is 36.4 Å². The molecule has 5 nitrogen and oxygen atoms in total. The van der Waals surface area contributed by atoms with Gasteiger partial charge in [0, 0.05) is 17.4 Å². The van der Waals surface area contributed by atoms with Crippen molar-refractivity contribution >= 4 is 17.7 Å². The first kappa shape index (κ1) is 18.9. The number of amides is 1. The summed E-state index contributed by atoms with van der Waals surface area (Å²) < 4.78 is 39.9. The quantitative estimate of drug-likeness (QED) is 0.536. The Hall–Kier alpha value is -3.86. The number of nitrogens with one attached hydrogen (secondary N) is 1. The van der Waals surface area contributed by atoms with E-state index in [0.29, 0.717) is 5.56 Å². The second-order valence-corrected chi connectivity index (χ2v) is 5.76. The lowest BCUT2D eigenvalue weighted by Crippen LogP contribution is -2.14. The first-order valence-electron chi connectivity index (χ1n) is 8.07. The number of hydrogen-bond acceptors (Lipinski definition) is 3. The third kappa shape index (κ3) is 4.45. The lowest BCUT2D eigenvalue weighted by molar-refractivity contribution is -0.137. The van der Waals surface area contributed by atoms with Crippen molar-refractivity contribution in [1.29, 1.82) is 5.26 Å². The first-order chi connectivity index (χ1) is 13.4. The average molecular weight is 382 g/mol. The van der Waals surface area contributed by atoms with Gasteiger partial charge in [0.15, 0.2) is 0 Å². The summed E-state index contributed by atoms with van der Waals surface area (Å²) in [5.41, 5.74) is 0.0940. The van der Waals surface area contributed by atoms with Crippen LogP contribution in [0.3, 0.4) is 0 Å². The number of alkyl halides is 3. The predicted molar refractivity (Wildman–Crippen MR) is 97.2 cm³/mol. The highest BCUT2D eigenvalue weighted by Gasteiger charge is 2.30. The van der Waals surface area contributed by atoms with Crippen molar-refractivity contribution < 1.29 is 18.0 Å². The van der Waals surface area contributed by atoms with Crippen molar-refractivity contribution in [3.8, 4) is 11.8 Å². The Morgan fingerprint density at radius 1 is 1.14 bits per heavy atom. The molecule has 0 aliphatic carbocycles. The third-order valence-electron chi connectivity index (χ3n) is 3.75. The van der Waals surface area contributed by atoms with Crippen molar-refractivity contribution in [2.75, 3.05) is 5.32 Å². The van der Waals surface area contributed by atoms with Gasteiger partial charge in [0.2, 0.25) is 0 Å². The van der Waals surface area contributed by atoms with E-state index in [0.717, 1.165) is 17.8 Å². The minimum atomic E-state index is -4.53. The Labute approximate surface area is 158 Å². The zero-order valence-electron chi connectivity index (χ0n) is 14.3. The SMILES string of the molecule is N#C/C(=C/c1cnn(-c2ccccc2)c1)C(=O)Nc1cccc(C(F)(F)F)c1. The number of rotatable bonds is 4. The smallest absolute Gasteiger partial charge is 0.321 e. The molecular weight excluding hydrogens is 369 g/mol. The zero-order chi connectivity index (χ0) is 20.1. The number of carbonyl (C=O) groups is 1. The van der Waals surface area contributed by atoms with E-state index in [2.05, 4.69) is 10.4 Å². The topological polar surface area (TPSA) is 70.7 Å². The van der Waals surface area contributed by atoms with Crippen molar-refractivity contribution in [1.82, 2.24) is 9.78 Å². The fourth-order valence-electron chi connectivity index (χ4n) is 2.42. The highest BCUT2D eigenvalue weighted by atomic mass is 19.4. The molecule has 1 N–H and O–H groups in total. The van der Waals surface area contributed by atoms with E-state index in [1.807, 2.05) is 30.3 Å². The number of hydrogen-bond donors (Lipinski definition) is 1. The zero-order valence-corrected chi connectivity index (χ0v) is 14.3. The first-order valence-corrected chi connectivity index (χ1v) is 8.07. The standard InChI is InChI=1S/C20H13F3N4O/c21-20(22,23)16-5-4-6-17(10-16)26-19(28)15(11-24)9-14-12-25-27(13-14)18-7-2-1-3-8-18/h1-10,12-13H,(H,26,28)/b15-9-. The second kappa shape index (κ2) is 7.80. The average Bonchev–Trinajstić information content (AvgIpc) is 3.15. The molecule has 1 aromatic heterocycles. The number of benzene rings is 2. The molecule has 0 atom stereocenters. The van der Waals surface area contributed by atoms with Crippen LogP contribution in [0, 0.1) is 11.3 Å². The van der Waals surface area contributed by atoms with Crippen LogP contribution in [-0.4, -0.2) is 15.7 Å². The van der Waals surface area contributed by atoms with Crippen LogP contribution < -0.4 is 5.32 Å². The number of para-hydroxylation sites is 1. The maximum atomic E-state index is 12.8. The van der Waals surface area contributed by atoms with Crippen molar-refractivity contribution in [3.63, 3.8) is 0 Å². The molecule has 0 bridgehead atoms. The van der Waals surface area contributed by atoms with Crippen LogP contribution in [0.25, 0.3) is 11.8 Å².